The van der Waals surface area contributed by atoms with Crippen molar-refractivity contribution in [1.82, 2.24) is 0 Å². The number of halogens is 3. The van der Waals surface area contributed by atoms with Gasteiger partial charge in [0.2, 0.25) is 0 Å². The van der Waals surface area contributed by atoms with Crippen LogP contribution in [-0.4, -0.2) is 11.0 Å². The summed E-state index contributed by atoms with van der Waals surface area (Å²) in [6.07, 6.45) is 0. The third-order valence-corrected chi connectivity index (χ3v) is 1.71. The maximum atomic E-state index is 13.0. The molecule has 1 aromatic rings. The van der Waals surface area contributed by atoms with Crippen LogP contribution in [0.1, 0.15) is 12.5 Å². The van der Waals surface area contributed by atoms with Gasteiger partial charge in [-0.1, -0.05) is 30.3 Å². The van der Waals surface area contributed by atoms with Gasteiger partial charge in [0.25, 0.3) is 5.85 Å². The van der Waals surface area contributed by atoms with Crippen LogP contribution in [0.5, 0.6) is 0 Å². The molecule has 72 valence electrons. The van der Waals surface area contributed by atoms with Gasteiger partial charge in [-0.25, -0.2) is 4.39 Å². The van der Waals surface area contributed by atoms with E-state index in [1.54, 1.807) is 0 Å². The maximum absolute atomic E-state index is 13.0. The Morgan fingerprint density at radius 3 is 1.92 bits per heavy atom. The quantitative estimate of drug-likeness (QED) is 0.759. The second-order valence-electron chi connectivity index (χ2n) is 2.89. The zero-order valence-electron chi connectivity index (χ0n) is 6.97. The minimum absolute atomic E-state index is 0.431. The predicted octanol–water partition coefficient (Wildman–Crippen LogP) is 2.46. The monoisotopic (exact) mass is 190 g/mol. The van der Waals surface area contributed by atoms with E-state index in [-0.39, 0.29) is 0 Å². The fourth-order valence-electron chi connectivity index (χ4n) is 0.911. The van der Waals surface area contributed by atoms with E-state index in [9.17, 15) is 13.2 Å². The number of hydrogen-bond donors (Lipinski definition) is 1. The van der Waals surface area contributed by atoms with Gasteiger partial charge in [-0.05, 0) is 0 Å². The fourth-order valence-corrected chi connectivity index (χ4v) is 0.911. The molecule has 1 unspecified atom stereocenters. The molecule has 0 radical (unpaired) electrons. The summed E-state index contributed by atoms with van der Waals surface area (Å²) in [4.78, 5) is 0. The smallest absolute Gasteiger partial charge is 0.330 e. The first-order chi connectivity index (χ1) is 5.86. The Labute approximate surface area is 73.8 Å². The van der Waals surface area contributed by atoms with Crippen molar-refractivity contribution < 1.29 is 18.3 Å². The zero-order chi connectivity index (χ0) is 10.1. The summed E-state index contributed by atoms with van der Waals surface area (Å²) in [5.41, 5.74) is -0.539. The Hall–Kier alpha value is -1.03. The van der Waals surface area contributed by atoms with Crippen LogP contribution in [0.15, 0.2) is 30.3 Å². The predicted molar refractivity (Wildman–Crippen MR) is 42.1 cm³/mol. The molecule has 1 rings (SSSR count). The number of rotatable bonds is 2. The van der Waals surface area contributed by atoms with Gasteiger partial charge in [-0.15, -0.1) is 0 Å². The molecule has 0 saturated carbocycles. The van der Waals surface area contributed by atoms with Crippen LogP contribution in [0.4, 0.5) is 13.2 Å². The van der Waals surface area contributed by atoms with Crippen molar-refractivity contribution in [2.75, 3.05) is 0 Å². The van der Waals surface area contributed by atoms with Crippen molar-refractivity contribution in [3.8, 4) is 0 Å². The summed E-state index contributed by atoms with van der Waals surface area (Å²) in [6, 6.07) is 6.37. The SMILES string of the molecule is CC(O)(F)C(F)(F)c1ccccc1. The second-order valence-corrected chi connectivity index (χ2v) is 2.89. The van der Waals surface area contributed by atoms with Crippen molar-refractivity contribution >= 4 is 0 Å². The van der Waals surface area contributed by atoms with Gasteiger partial charge >= 0.3 is 5.92 Å². The van der Waals surface area contributed by atoms with E-state index < -0.39 is 17.3 Å². The van der Waals surface area contributed by atoms with E-state index in [1.807, 2.05) is 0 Å². The first-order valence-corrected chi connectivity index (χ1v) is 3.70. The Kier molecular flexibility index (Phi) is 2.34. The Balaban J connectivity index is 3.08. The zero-order valence-corrected chi connectivity index (χ0v) is 6.97. The molecular formula is C9H9F3O. The highest BCUT2D eigenvalue weighted by molar-refractivity contribution is 5.21. The summed E-state index contributed by atoms with van der Waals surface area (Å²) in [5, 5.41) is 8.58. The van der Waals surface area contributed by atoms with Crippen LogP contribution in [0, 0.1) is 0 Å². The van der Waals surface area contributed by atoms with Gasteiger partial charge in [0.05, 0.1) is 0 Å². The first-order valence-electron chi connectivity index (χ1n) is 3.70. The highest BCUT2D eigenvalue weighted by Gasteiger charge is 2.51. The van der Waals surface area contributed by atoms with E-state index in [0.29, 0.717) is 6.92 Å². The lowest BCUT2D eigenvalue weighted by atomic mass is 10.0. The lowest BCUT2D eigenvalue weighted by molar-refractivity contribution is -0.248. The van der Waals surface area contributed by atoms with Crippen molar-refractivity contribution in [3.05, 3.63) is 35.9 Å². The summed E-state index contributed by atoms with van der Waals surface area (Å²) in [6.45, 7) is 0.431. The lowest BCUT2D eigenvalue weighted by Crippen LogP contribution is -2.38. The Morgan fingerprint density at radius 2 is 1.54 bits per heavy atom. The molecule has 0 saturated heterocycles. The third-order valence-electron chi connectivity index (χ3n) is 1.71. The van der Waals surface area contributed by atoms with Crippen LogP contribution in [0.25, 0.3) is 0 Å². The van der Waals surface area contributed by atoms with E-state index in [0.717, 1.165) is 12.1 Å². The molecule has 1 nitrogen and oxygen atoms in total. The topological polar surface area (TPSA) is 20.2 Å². The molecule has 0 fully saturated rings. The average Bonchev–Trinajstić information content (AvgIpc) is 2.04. The van der Waals surface area contributed by atoms with Crippen LogP contribution in [0.2, 0.25) is 0 Å². The summed E-state index contributed by atoms with van der Waals surface area (Å²) >= 11 is 0. The maximum Gasteiger partial charge on any atom is 0.330 e. The fraction of sp³-hybridized carbons (Fsp3) is 0.333. The molecule has 0 aliphatic heterocycles. The van der Waals surface area contributed by atoms with Gasteiger partial charge in [0, 0.05) is 12.5 Å². The molecule has 0 aliphatic rings. The van der Waals surface area contributed by atoms with E-state index in [1.165, 1.54) is 18.2 Å². The molecule has 0 heterocycles. The first kappa shape index (κ1) is 10.1. The average molecular weight is 190 g/mol. The number of aliphatic hydroxyl groups is 1. The van der Waals surface area contributed by atoms with Crippen LogP contribution >= 0.6 is 0 Å². The van der Waals surface area contributed by atoms with Crippen molar-refractivity contribution in [1.29, 1.82) is 0 Å². The number of benzene rings is 1. The van der Waals surface area contributed by atoms with Crippen molar-refractivity contribution in [3.63, 3.8) is 0 Å². The highest BCUT2D eigenvalue weighted by Crippen LogP contribution is 2.39. The molecule has 0 spiro atoms. The number of alkyl halides is 3. The minimum atomic E-state index is -3.88. The summed E-state index contributed by atoms with van der Waals surface area (Å²) in [5.74, 6) is -7.41. The second kappa shape index (κ2) is 3.03. The molecule has 0 bridgehead atoms. The van der Waals surface area contributed by atoms with E-state index in [2.05, 4.69) is 0 Å². The molecule has 13 heavy (non-hydrogen) atoms. The molecule has 0 aliphatic carbocycles. The Bertz CT molecular complexity index is 277. The Morgan fingerprint density at radius 1 is 1.08 bits per heavy atom. The molecule has 1 N–H and O–H groups in total. The van der Waals surface area contributed by atoms with Gasteiger partial charge < -0.3 is 5.11 Å². The molecule has 1 aromatic carbocycles. The van der Waals surface area contributed by atoms with Crippen molar-refractivity contribution in [2.45, 2.75) is 18.7 Å². The normalized spacial score (nSPS) is 16.7. The molecule has 0 amide bonds. The molecule has 4 heteroatoms. The highest BCUT2D eigenvalue weighted by atomic mass is 19.3. The van der Waals surface area contributed by atoms with Crippen molar-refractivity contribution in [2.24, 2.45) is 0 Å². The molecular weight excluding hydrogens is 181 g/mol. The largest absolute Gasteiger partial charge is 0.357 e. The van der Waals surface area contributed by atoms with Crippen LogP contribution in [0.3, 0.4) is 0 Å². The van der Waals surface area contributed by atoms with Crippen LogP contribution in [-0.2, 0) is 5.92 Å². The van der Waals surface area contributed by atoms with Gasteiger partial charge in [-0.2, -0.15) is 8.78 Å². The summed E-state index contributed by atoms with van der Waals surface area (Å²) in [7, 11) is 0. The minimum Gasteiger partial charge on any atom is -0.357 e. The molecule has 1 atom stereocenters. The third kappa shape index (κ3) is 1.83. The number of hydrogen-bond acceptors (Lipinski definition) is 1. The van der Waals surface area contributed by atoms with Crippen LogP contribution < -0.4 is 0 Å². The molecule has 0 aromatic heterocycles. The van der Waals surface area contributed by atoms with E-state index >= 15 is 0 Å². The lowest BCUT2D eigenvalue weighted by Gasteiger charge is -2.25. The standard InChI is InChI=1S/C9H9F3O/c1-8(10,13)9(11,12)7-5-3-2-4-6-7/h2-6,13H,1H3. The van der Waals surface area contributed by atoms with Gasteiger partial charge in [-0.3, -0.25) is 0 Å². The van der Waals surface area contributed by atoms with Gasteiger partial charge in [0.1, 0.15) is 0 Å². The summed E-state index contributed by atoms with van der Waals surface area (Å²) < 4.78 is 38.7. The van der Waals surface area contributed by atoms with Gasteiger partial charge in [0.15, 0.2) is 0 Å². The van der Waals surface area contributed by atoms with E-state index in [4.69, 9.17) is 5.11 Å².